The first-order chi connectivity index (χ1) is 10.6. The summed E-state index contributed by atoms with van der Waals surface area (Å²) in [6.45, 7) is 4.40. The largest absolute Gasteiger partial charge is 0.379 e. The maximum atomic E-state index is 6.55. The Morgan fingerprint density at radius 2 is 1.68 bits per heavy atom. The van der Waals surface area contributed by atoms with Gasteiger partial charge >= 0.3 is 0 Å². The maximum absolute atomic E-state index is 6.55. The zero-order chi connectivity index (χ0) is 15.5. The summed E-state index contributed by atoms with van der Waals surface area (Å²) in [5.74, 6) is 0. The predicted molar refractivity (Wildman–Crippen MR) is 98.7 cm³/mol. The van der Waals surface area contributed by atoms with Crippen molar-refractivity contribution in [2.24, 2.45) is 0 Å². The van der Waals surface area contributed by atoms with E-state index in [4.69, 9.17) is 9.47 Å². The molecule has 122 valence electrons. The van der Waals surface area contributed by atoms with Gasteiger partial charge in [0.25, 0.3) is 0 Å². The highest BCUT2D eigenvalue weighted by Gasteiger charge is 2.46. The molecule has 2 heterocycles. The van der Waals surface area contributed by atoms with E-state index in [1.165, 1.54) is 38.5 Å². The van der Waals surface area contributed by atoms with Crippen LogP contribution >= 0.6 is 0 Å². The first-order valence-electron chi connectivity index (χ1n) is 8.97. The van der Waals surface area contributed by atoms with Crippen LogP contribution in [0.25, 0.3) is 0 Å². The van der Waals surface area contributed by atoms with Gasteiger partial charge in [-0.3, -0.25) is 0 Å². The van der Waals surface area contributed by atoms with Crippen LogP contribution in [0, 0.1) is 0 Å². The third-order valence-corrected chi connectivity index (χ3v) is 10.5. The summed E-state index contributed by atoms with van der Waals surface area (Å²) in [5, 5.41) is 1.81. The minimum Gasteiger partial charge on any atom is -0.379 e. The molecule has 0 aliphatic carbocycles. The summed E-state index contributed by atoms with van der Waals surface area (Å²) >= 11 is 0. The van der Waals surface area contributed by atoms with Crippen molar-refractivity contribution >= 4 is 24.2 Å². The van der Waals surface area contributed by atoms with Gasteiger partial charge < -0.3 is 9.47 Å². The van der Waals surface area contributed by atoms with Gasteiger partial charge in [-0.1, -0.05) is 42.1 Å². The number of ether oxygens (including phenoxy) is 2. The second-order valence-electron chi connectivity index (χ2n) is 7.43. The normalized spacial score (nSPS) is 34.4. The molecule has 22 heavy (non-hydrogen) atoms. The number of rotatable bonds is 4. The Balaban J connectivity index is 1.84. The third kappa shape index (κ3) is 3.56. The molecule has 2 aliphatic rings. The molecule has 2 fully saturated rings. The zero-order valence-electron chi connectivity index (χ0n) is 14.1. The van der Waals surface area contributed by atoms with Crippen LogP contribution in [0.15, 0.2) is 30.3 Å². The minimum atomic E-state index is -1.17. The van der Waals surface area contributed by atoms with E-state index in [-0.39, 0.29) is 10.4 Å². The fourth-order valence-electron chi connectivity index (χ4n) is 4.32. The molecule has 3 unspecified atom stereocenters. The molecule has 0 radical (unpaired) electrons. The summed E-state index contributed by atoms with van der Waals surface area (Å²) in [6, 6.07) is 11.1. The summed E-state index contributed by atoms with van der Waals surface area (Å²) in [7, 11) is -0.0475. The van der Waals surface area contributed by atoms with Crippen LogP contribution in [-0.2, 0) is 9.47 Å². The van der Waals surface area contributed by atoms with Crippen LogP contribution in [-0.4, -0.2) is 42.7 Å². The van der Waals surface area contributed by atoms with Crippen molar-refractivity contribution in [2.45, 2.75) is 61.9 Å². The van der Waals surface area contributed by atoms with Crippen LogP contribution < -0.4 is 5.19 Å². The summed E-state index contributed by atoms with van der Waals surface area (Å²) in [4.78, 5) is 0. The Morgan fingerprint density at radius 3 is 2.27 bits per heavy atom. The lowest BCUT2D eigenvalue weighted by molar-refractivity contribution is -0.0937. The van der Waals surface area contributed by atoms with Crippen LogP contribution in [0.2, 0.25) is 6.55 Å². The van der Waals surface area contributed by atoms with E-state index in [9.17, 15) is 0 Å². The summed E-state index contributed by atoms with van der Waals surface area (Å²) < 4.78 is 12.8. The Kier molecular flexibility index (Phi) is 5.22. The molecule has 1 aromatic carbocycles. The highest BCUT2D eigenvalue weighted by atomic mass is 28.3. The van der Waals surface area contributed by atoms with Gasteiger partial charge in [0.2, 0.25) is 0 Å². The smallest absolute Gasteiger partial charge is 0.105 e. The van der Waals surface area contributed by atoms with Gasteiger partial charge in [-0.25, -0.2) is 0 Å². The molecule has 3 rings (SSSR count). The van der Waals surface area contributed by atoms with E-state index in [1.54, 1.807) is 5.19 Å². The van der Waals surface area contributed by atoms with Crippen molar-refractivity contribution < 1.29 is 9.47 Å². The SMILES string of the molecule is C[SiH](c1ccccc1)C1(CC2([SiH3])CCCCO2)CCCCO1. The van der Waals surface area contributed by atoms with Crippen LogP contribution in [0.4, 0.5) is 0 Å². The van der Waals surface area contributed by atoms with E-state index in [1.807, 2.05) is 0 Å². The summed E-state index contributed by atoms with van der Waals surface area (Å²) in [5.41, 5.74) is 0. The van der Waals surface area contributed by atoms with E-state index in [2.05, 4.69) is 36.9 Å². The first-order valence-corrected chi connectivity index (χ1v) is 12.3. The number of hydrogen-bond acceptors (Lipinski definition) is 2. The van der Waals surface area contributed by atoms with Crippen molar-refractivity contribution in [3.05, 3.63) is 30.3 Å². The van der Waals surface area contributed by atoms with Gasteiger partial charge in [0.15, 0.2) is 0 Å². The molecule has 0 amide bonds. The van der Waals surface area contributed by atoms with Crippen molar-refractivity contribution in [1.29, 1.82) is 0 Å². The third-order valence-electron chi connectivity index (χ3n) is 5.70. The molecule has 2 nitrogen and oxygen atoms in total. The molecular weight excluding hydrogens is 304 g/mol. The molecule has 1 aromatic rings. The average Bonchev–Trinajstić information content (AvgIpc) is 2.56. The lowest BCUT2D eigenvalue weighted by atomic mass is 9.97. The Hall–Kier alpha value is -0.426. The number of hydrogen-bond donors (Lipinski definition) is 0. The van der Waals surface area contributed by atoms with E-state index < -0.39 is 8.80 Å². The van der Waals surface area contributed by atoms with Crippen LogP contribution in [0.3, 0.4) is 0 Å². The molecule has 3 atom stereocenters. The minimum absolute atomic E-state index is 0.110. The van der Waals surface area contributed by atoms with Gasteiger partial charge in [0, 0.05) is 23.5 Å². The lowest BCUT2D eigenvalue weighted by Crippen LogP contribution is -2.59. The van der Waals surface area contributed by atoms with Gasteiger partial charge in [-0.05, 0) is 44.9 Å². The Morgan fingerprint density at radius 1 is 1.00 bits per heavy atom. The van der Waals surface area contributed by atoms with E-state index in [0.29, 0.717) is 0 Å². The Bertz CT molecular complexity index is 465. The Labute approximate surface area is 139 Å². The van der Waals surface area contributed by atoms with Crippen molar-refractivity contribution in [3.8, 4) is 0 Å². The fourth-order valence-corrected chi connectivity index (χ4v) is 9.03. The van der Waals surface area contributed by atoms with E-state index in [0.717, 1.165) is 29.9 Å². The molecule has 4 heteroatoms. The maximum Gasteiger partial charge on any atom is 0.105 e. The fraction of sp³-hybridized carbons (Fsp3) is 0.667. The predicted octanol–water partition coefficient (Wildman–Crippen LogP) is 1.88. The quantitative estimate of drug-likeness (QED) is 0.783. The second kappa shape index (κ2) is 6.99. The van der Waals surface area contributed by atoms with Gasteiger partial charge in [0.05, 0.1) is 10.4 Å². The van der Waals surface area contributed by atoms with Crippen molar-refractivity contribution in [1.82, 2.24) is 0 Å². The average molecular weight is 335 g/mol. The molecule has 0 spiro atoms. The molecule has 2 aliphatic heterocycles. The first kappa shape index (κ1) is 16.4. The zero-order valence-corrected chi connectivity index (χ0v) is 17.3. The standard InChI is InChI=1S/C18H30O2Si2/c1-22(16-9-3-2-4-10-16)18(12-6-8-14-20-18)15-17(21)11-5-7-13-19-17/h2-4,9-10,22H,5-8,11-15H2,1,21H3. The van der Waals surface area contributed by atoms with Crippen LogP contribution in [0.1, 0.15) is 44.9 Å². The monoisotopic (exact) mass is 334 g/mol. The molecule has 0 saturated carbocycles. The number of benzene rings is 1. The molecule has 0 N–H and O–H groups in total. The molecular formula is C18H30O2Si2. The highest BCUT2D eigenvalue weighted by Crippen LogP contribution is 2.38. The van der Waals surface area contributed by atoms with Gasteiger partial charge in [0.1, 0.15) is 8.80 Å². The molecule has 2 saturated heterocycles. The van der Waals surface area contributed by atoms with Crippen molar-refractivity contribution in [2.75, 3.05) is 13.2 Å². The summed E-state index contributed by atoms with van der Waals surface area (Å²) in [6.07, 6.45) is 8.76. The van der Waals surface area contributed by atoms with E-state index >= 15 is 0 Å². The van der Waals surface area contributed by atoms with Gasteiger partial charge in [-0.15, -0.1) is 0 Å². The van der Waals surface area contributed by atoms with Crippen molar-refractivity contribution in [3.63, 3.8) is 0 Å². The molecule has 0 aromatic heterocycles. The van der Waals surface area contributed by atoms with Crippen LogP contribution in [0.5, 0.6) is 0 Å². The van der Waals surface area contributed by atoms with Gasteiger partial charge in [-0.2, -0.15) is 0 Å². The highest BCUT2D eigenvalue weighted by molar-refractivity contribution is 6.74. The lowest BCUT2D eigenvalue weighted by Gasteiger charge is -2.48. The topological polar surface area (TPSA) is 18.5 Å². The molecule has 0 bridgehead atoms. The second-order valence-corrected chi connectivity index (χ2v) is 12.4.